The van der Waals surface area contributed by atoms with Crippen LogP contribution >= 0.6 is 12.4 Å². The lowest BCUT2D eigenvalue weighted by molar-refractivity contribution is -0.137. The van der Waals surface area contributed by atoms with Gasteiger partial charge in [0.1, 0.15) is 0 Å². The zero-order valence-corrected chi connectivity index (χ0v) is 12.6. The highest BCUT2D eigenvalue weighted by atomic mass is 35.5. The van der Waals surface area contributed by atoms with E-state index >= 15 is 0 Å². The molecule has 4 nitrogen and oxygen atoms in total. The van der Waals surface area contributed by atoms with E-state index < -0.39 is 0 Å². The lowest BCUT2D eigenvalue weighted by Crippen LogP contribution is -2.51. The summed E-state index contributed by atoms with van der Waals surface area (Å²) >= 11 is 0. The van der Waals surface area contributed by atoms with Crippen LogP contribution in [0, 0.1) is 17.8 Å². The van der Waals surface area contributed by atoms with Crippen LogP contribution in [0.4, 0.5) is 0 Å². The van der Waals surface area contributed by atoms with Crippen molar-refractivity contribution < 1.29 is 4.79 Å². The topological polar surface area (TPSA) is 35.6 Å². The van der Waals surface area contributed by atoms with Crippen LogP contribution in [-0.4, -0.2) is 61.5 Å². The smallest absolute Gasteiger partial charge is 0.227 e. The van der Waals surface area contributed by atoms with Crippen molar-refractivity contribution in [3.63, 3.8) is 0 Å². The molecule has 3 fully saturated rings. The molecule has 3 rings (SSSR count). The van der Waals surface area contributed by atoms with Crippen LogP contribution in [0.15, 0.2) is 0 Å². The quantitative estimate of drug-likeness (QED) is 0.835. The number of rotatable bonds is 3. The number of carbonyl (C=O) groups excluding carboxylic acids is 1. The van der Waals surface area contributed by atoms with E-state index in [2.05, 4.69) is 22.0 Å². The van der Waals surface area contributed by atoms with Crippen LogP contribution in [-0.2, 0) is 4.79 Å². The summed E-state index contributed by atoms with van der Waals surface area (Å²) in [6.45, 7) is 9.37. The Morgan fingerprint density at radius 1 is 1.16 bits per heavy atom. The van der Waals surface area contributed by atoms with E-state index in [9.17, 15) is 4.79 Å². The molecule has 2 heterocycles. The number of halogens is 1. The molecule has 3 aliphatic rings. The maximum absolute atomic E-state index is 12.4. The third kappa shape index (κ3) is 3.61. The Kier molecular flexibility index (Phi) is 5.09. The van der Waals surface area contributed by atoms with Gasteiger partial charge in [0.2, 0.25) is 5.91 Å². The molecule has 0 spiro atoms. The van der Waals surface area contributed by atoms with Crippen molar-refractivity contribution in [1.82, 2.24) is 15.1 Å². The Labute approximate surface area is 122 Å². The highest BCUT2D eigenvalue weighted by molar-refractivity contribution is 5.85. The molecule has 2 saturated heterocycles. The van der Waals surface area contributed by atoms with Gasteiger partial charge in [0.25, 0.3) is 0 Å². The predicted octanol–water partition coefficient (Wildman–Crippen LogP) is 0.818. The van der Waals surface area contributed by atoms with E-state index in [0.29, 0.717) is 11.8 Å². The lowest BCUT2D eigenvalue weighted by Gasteiger charge is -2.36. The highest BCUT2D eigenvalue weighted by Gasteiger charge is 2.34. The number of amides is 1. The maximum Gasteiger partial charge on any atom is 0.227 e. The van der Waals surface area contributed by atoms with Gasteiger partial charge in [-0.05, 0) is 31.2 Å². The molecule has 19 heavy (non-hydrogen) atoms. The van der Waals surface area contributed by atoms with E-state index in [4.69, 9.17) is 0 Å². The molecule has 0 aromatic carbocycles. The molecule has 2 atom stereocenters. The fraction of sp³-hybridized carbons (Fsp3) is 0.929. The minimum atomic E-state index is 0. The van der Waals surface area contributed by atoms with E-state index in [1.165, 1.54) is 19.4 Å². The molecule has 5 heteroatoms. The number of piperazine rings is 1. The van der Waals surface area contributed by atoms with Crippen molar-refractivity contribution in [2.45, 2.75) is 19.8 Å². The van der Waals surface area contributed by atoms with Crippen LogP contribution in [0.1, 0.15) is 19.8 Å². The molecule has 1 amide bonds. The van der Waals surface area contributed by atoms with Gasteiger partial charge in [0, 0.05) is 39.3 Å². The SMILES string of the molecule is C[C@@H]1CNC[C@H]1C(=O)N1CCN(CC2CC2)CC1.Cl. The molecule has 2 aliphatic heterocycles. The molecule has 1 saturated carbocycles. The van der Waals surface area contributed by atoms with Crippen molar-refractivity contribution >= 4 is 18.3 Å². The fourth-order valence-corrected chi connectivity index (χ4v) is 3.19. The van der Waals surface area contributed by atoms with Gasteiger partial charge in [-0.15, -0.1) is 12.4 Å². The molecule has 0 bridgehead atoms. The van der Waals surface area contributed by atoms with Gasteiger partial charge >= 0.3 is 0 Å². The normalized spacial score (nSPS) is 32.2. The standard InChI is InChI=1S/C14H25N3O.ClH/c1-11-8-15-9-13(11)14(18)17-6-4-16(5-7-17)10-12-2-3-12;/h11-13,15H,2-10H2,1H3;1H/t11-,13-;/m1./s1. The average molecular weight is 288 g/mol. The van der Waals surface area contributed by atoms with Crippen LogP contribution < -0.4 is 5.32 Å². The Morgan fingerprint density at radius 3 is 2.37 bits per heavy atom. The van der Waals surface area contributed by atoms with Crippen molar-refractivity contribution in [1.29, 1.82) is 0 Å². The first-order valence-electron chi connectivity index (χ1n) is 7.46. The molecule has 0 aromatic rings. The first kappa shape index (κ1) is 15.1. The van der Waals surface area contributed by atoms with Crippen LogP contribution in [0.5, 0.6) is 0 Å². The van der Waals surface area contributed by atoms with E-state index in [1.54, 1.807) is 0 Å². The Hall–Kier alpha value is -0.320. The summed E-state index contributed by atoms with van der Waals surface area (Å²) in [5, 5.41) is 3.33. The van der Waals surface area contributed by atoms with Gasteiger partial charge in [-0.1, -0.05) is 6.92 Å². The molecular weight excluding hydrogens is 262 g/mol. The molecule has 0 aromatic heterocycles. The third-order valence-corrected chi connectivity index (χ3v) is 4.73. The van der Waals surface area contributed by atoms with Gasteiger partial charge in [0.15, 0.2) is 0 Å². The molecule has 110 valence electrons. The van der Waals surface area contributed by atoms with Gasteiger partial charge in [0.05, 0.1) is 5.92 Å². The highest BCUT2D eigenvalue weighted by Crippen LogP contribution is 2.30. The Morgan fingerprint density at radius 2 is 1.84 bits per heavy atom. The summed E-state index contributed by atoms with van der Waals surface area (Å²) in [5.74, 6) is 2.08. The van der Waals surface area contributed by atoms with Crippen molar-refractivity contribution in [3.05, 3.63) is 0 Å². The van der Waals surface area contributed by atoms with E-state index in [-0.39, 0.29) is 18.3 Å². The van der Waals surface area contributed by atoms with E-state index in [0.717, 1.165) is 45.2 Å². The largest absolute Gasteiger partial charge is 0.340 e. The van der Waals surface area contributed by atoms with Crippen LogP contribution in [0.25, 0.3) is 0 Å². The fourth-order valence-electron chi connectivity index (χ4n) is 3.19. The number of nitrogens with one attached hydrogen (secondary N) is 1. The summed E-state index contributed by atoms with van der Waals surface area (Å²) in [5.41, 5.74) is 0. The lowest BCUT2D eigenvalue weighted by atomic mass is 9.96. The first-order valence-corrected chi connectivity index (χ1v) is 7.46. The number of hydrogen-bond donors (Lipinski definition) is 1. The minimum absolute atomic E-state index is 0. The number of nitrogens with zero attached hydrogens (tertiary/aromatic N) is 2. The summed E-state index contributed by atoms with van der Waals surface area (Å²) in [7, 11) is 0. The molecule has 1 aliphatic carbocycles. The molecular formula is C14H26ClN3O. The summed E-state index contributed by atoms with van der Waals surface area (Å²) in [4.78, 5) is 17.1. The summed E-state index contributed by atoms with van der Waals surface area (Å²) in [6.07, 6.45) is 2.84. The van der Waals surface area contributed by atoms with Crippen LogP contribution in [0.2, 0.25) is 0 Å². The maximum atomic E-state index is 12.4. The third-order valence-electron chi connectivity index (χ3n) is 4.73. The number of carbonyl (C=O) groups is 1. The zero-order valence-electron chi connectivity index (χ0n) is 11.8. The summed E-state index contributed by atoms with van der Waals surface area (Å²) < 4.78 is 0. The van der Waals surface area contributed by atoms with Gasteiger partial charge in [-0.3, -0.25) is 9.69 Å². The Balaban J connectivity index is 0.00000133. The van der Waals surface area contributed by atoms with Crippen molar-refractivity contribution in [2.24, 2.45) is 17.8 Å². The van der Waals surface area contributed by atoms with Gasteiger partial charge in [-0.25, -0.2) is 0 Å². The molecule has 1 N–H and O–H groups in total. The van der Waals surface area contributed by atoms with E-state index in [1.807, 2.05) is 0 Å². The first-order chi connectivity index (χ1) is 8.74. The summed E-state index contributed by atoms with van der Waals surface area (Å²) in [6, 6.07) is 0. The minimum Gasteiger partial charge on any atom is -0.340 e. The second-order valence-electron chi connectivity index (χ2n) is 6.31. The second kappa shape index (κ2) is 6.42. The number of hydrogen-bond acceptors (Lipinski definition) is 3. The Bertz CT molecular complexity index is 314. The second-order valence-corrected chi connectivity index (χ2v) is 6.31. The average Bonchev–Trinajstić information content (AvgIpc) is 3.09. The molecule has 0 unspecified atom stereocenters. The van der Waals surface area contributed by atoms with Gasteiger partial charge < -0.3 is 10.2 Å². The van der Waals surface area contributed by atoms with Crippen molar-refractivity contribution in [2.75, 3.05) is 45.8 Å². The zero-order chi connectivity index (χ0) is 12.5. The molecule has 0 radical (unpaired) electrons. The monoisotopic (exact) mass is 287 g/mol. The predicted molar refractivity (Wildman–Crippen MR) is 78.5 cm³/mol. The van der Waals surface area contributed by atoms with Crippen LogP contribution in [0.3, 0.4) is 0 Å². The van der Waals surface area contributed by atoms with Crippen molar-refractivity contribution in [3.8, 4) is 0 Å². The van der Waals surface area contributed by atoms with Gasteiger partial charge in [-0.2, -0.15) is 0 Å².